The van der Waals surface area contributed by atoms with Gasteiger partial charge in [-0.1, -0.05) is 55.6 Å². The average Bonchev–Trinajstić information content (AvgIpc) is 0.761. The van der Waals surface area contributed by atoms with E-state index in [0.29, 0.717) is 96.2 Å². The van der Waals surface area contributed by atoms with E-state index in [0.717, 1.165) is 44.6 Å². The summed E-state index contributed by atoms with van der Waals surface area (Å²) in [7, 11) is -9.25. The van der Waals surface area contributed by atoms with Crippen LogP contribution in [0.15, 0.2) is 115 Å². The van der Waals surface area contributed by atoms with Gasteiger partial charge >= 0.3 is 26.2 Å². The molecular weight excluding hydrogens is 1520 g/mol. The minimum absolute atomic E-state index is 0. The summed E-state index contributed by atoms with van der Waals surface area (Å²) in [6.45, 7) is 28.2. The minimum atomic E-state index is -3.04. The molecule has 30 heteroatoms. The summed E-state index contributed by atoms with van der Waals surface area (Å²) in [6, 6.07) is 27.8. The van der Waals surface area contributed by atoms with Crippen molar-refractivity contribution in [2.45, 2.75) is 154 Å². The summed E-state index contributed by atoms with van der Waals surface area (Å²) >= 11 is 22.5. The van der Waals surface area contributed by atoms with Crippen LogP contribution in [0.2, 0.25) is 74.0 Å². The third kappa shape index (κ3) is 25.3. The summed E-state index contributed by atoms with van der Waals surface area (Å²) in [5.41, 5.74) is -1.72. The fraction of sp³-hybridized carbons (Fsp3) is 0.440. The maximum atomic E-state index is 15.6. The first-order chi connectivity index (χ1) is 49.1. The van der Waals surface area contributed by atoms with Gasteiger partial charge in [0.2, 0.25) is 0 Å². The maximum absolute atomic E-state index is 15.6. The summed E-state index contributed by atoms with van der Waals surface area (Å²) in [5, 5.41) is 37.2. The van der Waals surface area contributed by atoms with Gasteiger partial charge in [-0.25, -0.2) is 32.8 Å². The van der Waals surface area contributed by atoms with Gasteiger partial charge in [0.1, 0.15) is 17.5 Å². The standard InChI is InChI=1S/2C25H30ClFO5Si.C18H27FO4Si.C7H4Cl2O.HO4P.H2/c2*1-5-25(32-33(2,3)4,17-10-12-31-13-11-17)18-14-20(24(29)30)22(21(27)15-18)23(28)16-6-8-19(26)9-7-16;1-5-18(23-24(2,3)4,14-6-8-22-9-7-14)15-10-13(17(20)21)11-16(19)12-15;8-6-3-1-5(2-4-6)7(9)10;1-4-5(2)3;/h2*6-9,14-15,17H,5,10-13H2,1-4H3,(H,29,30);10-12,14H,5-9H2,1-4H3,(H,20,21);1-4H;1H;1H. The molecule has 105 heavy (non-hydrogen) atoms. The quantitative estimate of drug-likeness (QED) is 0.0109. The Bertz CT molecular complexity index is 3820. The van der Waals surface area contributed by atoms with Crippen LogP contribution in [-0.4, -0.2) is 120 Å². The molecule has 0 radical (unpaired) electrons. The summed E-state index contributed by atoms with van der Waals surface area (Å²) < 4.78 is 93.5. The number of ether oxygens (including phenoxy) is 3. The van der Waals surface area contributed by atoms with E-state index in [1.54, 1.807) is 30.3 Å². The smallest absolute Gasteiger partial charge is 0.521 e. The fourth-order valence-corrected chi connectivity index (χ4v) is 18.6. The SMILES string of the molecule is CCC(O[Si](C)(C)C)(c1cc(F)c(C(=O)c2ccc(Cl)cc2)c(C(=O)O)c1)C1CCOCC1.CCC(O[Si](C)(C)C)(c1cc(F)c(C(=O)c2ccc(Cl)cc2)c(C(=O)O)c1)C1CCOCC1.CCC(O[Si](C)(C)C)(c1cc(F)cc(C(=O)O)c1)C1CCOCC1.O=C(Cl)c1ccc(Cl)cc1.O=[P+]([O-])OO.[HH]. The zero-order valence-corrected chi connectivity index (χ0v) is 67.7. The first-order valence-electron chi connectivity index (χ1n) is 34.2. The van der Waals surface area contributed by atoms with Gasteiger partial charge in [-0.3, -0.25) is 14.4 Å². The molecule has 0 saturated carbocycles. The van der Waals surface area contributed by atoms with Crippen molar-refractivity contribution in [1.29, 1.82) is 0 Å². The predicted molar refractivity (Wildman–Crippen MR) is 405 cm³/mol. The van der Waals surface area contributed by atoms with Crippen molar-refractivity contribution >= 4 is 114 Å². The highest BCUT2D eigenvalue weighted by Gasteiger charge is 2.48. The first-order valence-corrected chi connectivity index (χ1v) is 47.0. The van der Waals surface area contributed by atoms with Crippen molar-refractivity contribution < 1.29 is 106 Å². The van der Waals surface area contributed by atoms with E-state index < -0.39 is 113 Å². The van der Waals surface area contributed by atoms with Crippen LogP contribution in [-0.2, 0) is 53.5 Å². The third-order valence-electron chi connectivity index (χ3n) is 17.7. The second kappa shape index (κ2) is 40.0. The Kier molecular flexibility index (Phi) is 34.1. The van der Waals surface area contributed by atoms with Gasteiger partial charge in [0.25, 0.3) is 5.24 Å². The van der Waals surface area contributed by atoms with Crippen LogP contribution < -0.4 is 4.89 Å². The molecule has 9 rings (SSSR count). The number of benzene rings is 6. The molecule has 0 aromatic heterocycles. The zero-order valence-electron chi connectivity index (χ0n) is 60.8. The van der Waals surface area contributed by atoms with Gasteiger partial charge in [-0.2, -0.15) is 0 Å². The van der Waals surface area contributed by atoms with Gasteiger partial charge in [-0.15, -0.1) is 0 Å². The molecule has 19 nitrogen and oxygen atoms in total. The molecule has 3 saturated heterocycles. The molecule has 3 aliphatic heterocycles. The Morgan fingerprint density at radius 1 is 0.476 bits per heavy atom. The number of aromatic carboxylic acids is 3. The number of ketones is 2. The van der Waals surface area contributed by atoms with Crippen molar-refractivity contribution in [3.63, 3.8) is 0 Å². The number of hydrogen-bond donors (Lipinski definition) is 4. The van der Waals surface area contributed by atoms with Gasteiger partial charge in [0.05, 0.1) is 44.6 Å². The molecule has 3 aliphatic rings. The van der Waals surface area contributed by atoms with Crippen molar-refractivity contribution in [3.8, 4) is 0 Å². The minimum Gasteiger partial charge on any atom is -0.565 e. The molecule has 0 bridgehead atoms. The fourth-order valence-electron chi connectivity index (χ4n) is 13.5. The normalized spacial score (nSPS) is 16.4. The number of carboxylic acids is 3. The molecule has 4 N–H and O–H groups in total. The van der Waals surface area contributed by atoms with Crippen molar-refractivity contribution in [2.75, 3.05) is 39.6 Å². The van der Waals surface area contributed by atoms with Crippen LogP contribution in [0.5, 0.6) is 0 Å². The molecule has 0 aliphatic carbocycles. The molecule has 0 amide bonds. The van der Waals surface area contributed by atoms with E-state index in [1.807, 2.05) is 20.8 Å². The summed E-state index contributed by atoms with van der Waals surface area (Å²) in [4.78, 5) is 81.3. The van der Waals surface area contributed by atoms with E-state index in [4.69, 9.17) is 88.6 Å². The lowest BCUT2D eigenvalue weighted by molar-refractivity contribution is -0.244. The Hall–Kier alpha value is -5.92. The van der Waals surface area contributed by atoms with Crippen LogP contribution in [0.25, 0.3) is 0 Å². The van der Waals surface area contributed by atoms with Crippen LogP contribution in [0.3, 0.4) is 0 Å². The Labute approximate surface area is 636 Å². The predicted octanol–water partition coefficient (Wildman–Crippen LogP) is 19.4. The lowest BCUT2D eigenvalue weighted by Crippen LogP contribution is -2.47. The van der Waals surface area contributed by atoms with Crippen molar-refractivity contribution in [1.82, 2.24) is 0 Å². The monoisotopic (exact) mass is 1610 g/mol. The first kappa shape index (κ1) is 89.7. The molecule has 0 spiro atoms. The number of rotatable bonds is 24. The molecule has 4 unspecified atom stereocenters. The Balaban J connectivity index is 0.000000307. The number of carbonyl (C=O) groups is 6. The van der Waals surface area contributed by atoms with E-state index in [1.165, 1.54) is 78.9 Å². The highest BCUT2D eigenvalue weighted by atomic mass is 35.5. The van der Waals surface area contributed by atoms with E-state index in [9.17, 15) is 48.5 Å². The maximum Gasteiger partial charge on any atom is 0.521 e. The molecule has 3 fully saturated rings. The zero-order chi connectivity index (χ0) is 78.6. The van der Waals surface area contributed by atoms with Gasteiger partial charge < -0.3 is 47.7 Å². The van der Waals surface area contributed by atoms with E-state index >= 15 is 8.78 Å². The largest absolute Gasteiger partial charge is 0.565 e. The molecule has 6 aromatic rings. The highest BCUT2D eigenvalue weighted by molar-refractivity contribution is 7.30. The van der Waals surface area contributed by atoms with E-state index in [-0.39, 0.29) is 47.0 Å². The topological polar surface area (TPSA) is 288 Å². The Morgan fingerprint density at radius 3 is 0.990 bits per heavy atom. The highest BCUT2D eigenvalue weighted by Crippen LogP contribution is 2.48. The summed E-state index contributed by atoms with van der Waals surface area (Å²) in [5.74, 6) is -7.25. The second-order valence-corrected chi connectivity index (χ2v) is 43.7. The number of carbonyl (C=O) groups excluding carboxylic acids is 3. The third-order valence-corrected chi connectivity index (χ3v) is 21.8. The summed E-state index contributed by atoms with van der Waals surface area (Å²) in [6.07, 6.45) is 6.35. The Morgan fingerprint density at radius 2 is 0.752 bits per heavy atom. The average molecular weight is 1610 g/mol. The molecular formula is C75H94Cl4F3O19PSi3. The number of hydrogen-bond acceptors (Lipinski definition) is 16. The molecule has 6 aromatic carbocycles. The van der Waals surface area contributed by atoms with Crippen LogP contribution in [0.4, 0.5) is 13.2 Å². The van der Waals surface area contributed by atoms with Crippen molar-refractivity contribution in [3.05, 3.63) is 209 Å². The van der Waals surface area contributed by atoms with Gasteiger partial charge in [0.15, 0.2) is 36.5 Å². The van der Waals surface area contributed by atoms with Gasteiger partial charge in [-0.05, 0) is 283 Å². The van der Waals surface area contributed by atoms with Crippen LogP contribution in [0.1, 0.15) is 170 Å². The van der Waals surface area contributed by atoms with Gasteiger partial charge in [0, 0.05) is 77.5 Å². The lowest BCUT2D eigenvalue weighted by atomic mass is 9.74. The van der Waals surface area contributed by atoms with Crippen LogP contribution >= 0.6 is 54.7 Å². The molecule has 3 heterocycles. The van der Waals surface area contributed by atoms with Crippen LogP contribution in [0, 0.1) is 35.2 Å². The number of halogens is 7. The van der Waals surface area contributed by atoms with E-state index in [2.05, 4.69) is 63.6 Å². The second-order valence-electron chi connectivity index (χ2n) is 28.2. The lowest BCUT2D eigenvalue weighted by Gasteiger charge is -2.46. The van der Waals surface area contributed by atoms with Crippen molar-refractivity contribution in [2.24, 2.45) is 17.8 Å². The molecule has 4 atom stereocenters. The molecule has 574 valence electrons. The number of carboxylic acid groups (broad SMARTS) is 3.